The Hall–Kier alpha value is -1.89. The molecule has 1 N–H and O–H groups in total. The molecule has 0 aliphatic heterocycles. The van der Waals surface area contributed by atoms with Crippen LogP contribution in [0.15, 0.2) is 10.7 Å². The van der Waals surface area contributed by atoms with Crippen LogP contribution >= 0.6 is 0 Å². The van der Waals surface area contributed by atoms with Crippen molar-refractivity contribution in [2.75, 3.05) is 18.5 Å². The lowest BCUT2D eigenvalue weighted by atomic mass is 10.4. The van der Waals surface area contributed by atoms with Crippen molar-refractivity contribution >= 4 is 5.95 Å². The maximum absolute atomic E-state index is 5.35. The van der Waals surface area contributed by atoms with Gasteiger partial charge in [0.05, 0.1) is 12.2 Å². The summed E-state index contributed by atoms with van der Waals surface area (Å²) in [7, 11) is 0. The molecule has 0 radical (unpaired) electrons. The standard InChI is InChI=1S/C13H21N5O2/c1-4-19-7-5-6-18-9-10(2)15-13(18)14-8-12-16-11(3)17-20-12/h9H,4-8H2,1-3H3,(H,14,15). The number of imidazole rings is 1. The number of ether oxygens (including phenoxy) is 1. The lowest BCUT2D eigenvalue weighted by Crippen LogP contribution is -2.09. The minimum absolute atomic E-state index is 0.475. The highest BCUT2D eigenvalue weighted by atomic mass is 16.5. The van der Waals surface area contributed by atoms with E-state index in [1.54, 1.807) is 6.92 Å². The molecule has 0 saturated carbocycles. The molecule has 0 spiro atoms. The van der Waals surface area contributed by atoms with Crippen LogP contribution in [0, 0.1) is 13.8 Å². The fourth-order valence-corrected chi connectivity index (χ4v) is 1.91. The lowest BCUT2D eigenvalue weighted by Gasteiger charge is -2.08. The topological polar surface area (TPSA) is 78.0 Å². The van der Waals surface area contributed by atoms with Crippen LogP contribution in [-0.2, 0) is 17.8 Å². The molecule has 0 fully saturated rings. The van der Waals surface area contributed by atoms with Gasteiger partial charge in [-0.05, 0) is 27.2 Å². The molecular formula is C13H21N5O2. The molecule has 7 heteroatoms. The average molecular weight is 279 g/mol. The van der Waals surface area contributed by atoms with Crippen LogP contribution in [0.1, 0.15) is 30.8 Å². The van der Waals surface area contributed by atoms with Crippen molar-refractivity contribution in [3.63, 3.8) is 0 Å². The molecule has 2 aromatic heterocycles. The second-order valence-corrected chi connectivity index (χ2v) is 4.54. The van der Waals surface area contributed by atoms with E-state index in [1.807, 2.05) is 20.0 Å². The first kappa shape index (κ1) is 14.5. The molecule has 0 aromatic carbocycles. The van der Waals surface area contributed by atoms with Crippen LogP contribution in [0.2, 0.25) is 0 Å². The molecule has 110 valence electrons. The van der Waals surface area contributed by atoms with E-state index in [2.05, 4.69) is 25.0 Å². The minimum atomic E-state index is 0.475. The molecule has 0 unspecified atom stereocenters. The third-order valence-electron chi connectivity index (χ3n) is 2.76. The maximum atomic E-state index is 5.35. The van der Waals surface area contributed by atoms with Crippen molar-refractivity contribution in [2.45, 2.75) is 40.3 Å². The SMILES string of the molecule is CCOCCCn1cc(C)nc1NCc1nc(C)no1. The first-order chi connectivity index (χ1) is 9.69. The van der Waals surface area contributed by atoms with Crippen LogP contribution < -0.4 is 5.32 Å². The predicted molar refractivity (Wildman–Crippen MR) is 74.4 cm³/mol. The quantitative estimate of drug-likeness (QED) is 0.744. The summed E-state index contributed by atoms with van der Waals surface area (Å²) in [6.45, 7) is 8.63. The first-order valence-corrected chi connectivity index (χ1v) is 6.83. The van der Waals surface area contributed by atoms with Crippen molar-refractivity contribution in [1.82, 2.24) is 19.7 Å². The molecule has 0 aliphatic carbocycles. The molecule has 2 rings (SSSR count). The number of nitrogens with zero attached hydrogens (tertiary/aromatic N) is 4. The van der Waals surface area contributed by atoms with Gasteiger partial charge in [-0.25, -0.2) is 4.98 Å². The van der Waals surface area contributed by atoms with Crippen LogP contribution in [0.4, 0.5) is 5.95 Å². The van der Waals surface area contributed by atoms with Crippen molar-refractivity contribution in [3.05, 3.63) is 23.6 Å². The molecule has 0 aliphatic rings. The molecular weight excluding hydrogens is 258 g/mol. The number of aryl methyl sites for hydroxylation is 3. The summed E-state index contributed by atoms with van der Waals surface area (Å²) in [6, 6.07) is 0. The highest BCUT2D eigenvalue weighted by Crippen LogP contribution is 2.10. The van der Waals surface area contributed by atoms with E-state index >= 15 is 0 Å². The second-order valence-electron chi connectivity index (χ2n) is 4.54. The Labute approximate surface area is 118 Å². The van der Waals surface area contributed by atoms with Gasteiger partial charge in [0, 0.05) is 26.0 Å². The van der Waals surface area contributed by atoms with Gasteiger partial charge in [-0.2, -0.15) is 4.98 Å². The fraction of sp³-hybridized carbons (Fsp3) is 0.615. The summed E-state index contributed by atoms with van der Waals surface area (Å²) in [4.78, 5) is 8.60. The van der Waals surface area contributed by atoms with Crippen molar-refractivity contribution < 1.29 is 9.26 Å². The summed E-state index contributed by atoms with van der Waals surface area (Å²) in [6.07, 6.45) is 2.98. The Morgan fingerprint density at radius 2 is 2.20 bits per heavy atom. The Balaban J connectivity index is 1.89. The summed E-state index contributed by atoms with van der Waals surface area (Å²) in [5.41, 5.74) is 0.977. The van der Waals surface area contributed by atoms with Gasteiger partial charge in [0.1, 0.15) is 0 Å². The number of aromatic nitrogens is 4. The Kier molecular flexibility index (Phi) is 5.11. The van der Waals surface area contributed by atoms with E-state index in [4.69, 9.17) is 9.26 Å². The zero-order valence-corrected chi connectivity index (χ0v) is 12.2. The summed E-state index contributed by atoms with van der Waals surface area (Å²) >= 11 is 0. The second kappa shape index (κ2) is 7.04. The fourth-order valence-electron chi connectivity index (χ4n) is 1.91. The molecule has 2 heterocycles. The van der Waals surface area contributed by atoms with Gasteiger partial charge in [-0.1, -0.05) is 5.16 Å². The van der Waals surface area contributed by atoms with E-state index in [9.17, 15) is 0 Å². The van der Waals surface area contributed by atoms with Crippen molar-refractivity contribution in [2.24, 2.45) is 0 Å². The van der Waals surface area contributed by atoms with E-state index in [0.29, 0.717) is 18.3 Å². The third-order valence-corrected chi connectivity index (χ3v) is 2.76. The van der Waals surface area contributed by atoms with Gasteiger partial charge < -0.3 is 19.1 Å². The molecule has 0 bridgehead atoms. The molecule has 0 saturated heterocycles. The van der Waals surface area contributed by atoms with Gasteiger partial charge in [0.15, 0.2) is 5.82 Å². The molecule has 20 heavy (non-hydrogen) atoms. The number of nitrogens with one attached hydrogen (secondary N) is 1. The molecule has 2 aromatic rings. The highest BCUT2D eigenvalue weighted by Gasteiger charge is 2.07. The normalized spacial score (nSPS) is 10.9. The number of hydrogen-bond acceptors (Lipinski definition) is 6. The Bertz CT molecular complexity index is 535. The lowest BCUT2D eigenvalue weighted by molar-refractivity contribution is 0.142. The molecule has 7 nitrogen and oxygen atoms in total. The van der Waals surface area contributed by atoms with Crippen LogP contribution in [0.3, 0.4) is 0 Å². The minimum Gasteiger partial charge on any atom is -0.382 e. The average Bonchev–Trinajstić information content (AvgIpc) is 2.98. The van der Waals surface area contributed by atoms with E-state index < -0.39 is 0 Å². The van der Waals surface area contributed by atoms with Crippen LogP contribution in [-0.4, -0.2) is 32.9 Å². The molecule has 0 atom stereocenters. The van der Waals surface area contributed by atoms with Gasteiger partial charge in [0.25, 0.3) is 0 Å². The number of hydrogen-bond donors (Lipinski definition) is 1. The van der Waals surface area contributed by atoms with Gasteiger partial charge in [0.2, 0.25) is 11.8 Å². The zero-order chi connectivity index (χ0) is 14.4. The van der Waals surface area contributed by atoms with E-state index in [1.165, 1.54) is 0 Å². The zero-order valence-electron chi connectivity index (χ0n) is 12.2. The Morgan fingerprint density at radius 3 is 2.90 bits per heavy atom. The van der Waals surface area contributed by atoms with Crippen molar-refractivity contribution in [3.8, 4) is 0 Å². The third kappa shape index (κ3) is 4.06. The number of anilines is 1. The number of rotatable bonds is 8. The highest BCUT2D eigenvalue weighted by molar-refractivity contribution is 5.28. The predicted octanol–water partition coefficient (Wildman–Crippen LogP) is 1.92. The van der Waals surface area contributed by atoms with Crippen LogP contribution in [0.25, 0.3) is 0 Å². The first-order valence-electron chi connectivity index (χ1n) is 6.83. The molecule has 0 amide bonds. The summed E-state index contributed by atoms with van der Waals surface area (Å²) < 4.78 is 12.5. The van der Waals surface area contributed by atoms with Gasteiger partial charge >= 0.3 is 0 Å². The van der Waals surface area contributed by atoms with Crippen molar-refractivity contribution in [1.29, 1.82) is 0 Å². The van der Waals surface area contributed by atoms with E-state index in [-0.39, 0.29) is 0 Å². The summed E-state index contributed by atoms with van der Waals surface area (Å²) in [5, 5.41) is 6.98. The Morgan fingerprint density at radius 1 is 1.35 bits per heavy atom. The van der Waals surface area contributed by atoms with E-state index in [0.717, 1.165) is 37.8 Å². The van der Waals surface area contributed by atoms with Gasteiger partial charge in [-0.3, -0.25) is 0 Å². The van der Waals surface area contributed by atoms with Gasteiger partial charge in [-0.15, -0.1) is 0 Å². The maximum Gasteiger partial charge on any atom is 0.246 e. The largest absolute Gasteiger partial charge is 0.382 e. The smallest absolute Gasteiger partial charge is 0.246 e. The van der Waals surface area contributed by atoms with Crippen LogP contribution in [0.5, 0.6) is 0 Å². The summed E-state index contributed by atoms with van der Waals surface area (Å²) in [5.74, 6) is 2.01. The monoisotopic (exact) mass is 279 g/mol.